The van der Waals surface area contributed by atoms with E-state index in [0.717, 1.165) is 21.3 Å². The zero-order valence-electron chi connectivity index (χ0n) is 16.1. The molecule has 1 aliphatic heterocycles. The summed E-state index contributed by atoms with van der Waals surface area (Å²) in [4.78, 5) is 12.7. The first-order valence-electron chi connectivity index (χ1n) is 9.29. The van der Waals surface area contributed by atoms with Gasteiger partial charge in [-0.3, -0.25) is 4.79 Å². The van der Waals surface area contributed by atoms with Gasteiger partial charge in [0.05, 0.1) is 16.9 Å². The molecule has 0 N–H and O–H groups in total. The maximum atomic E-state index is 13.2. The Morgan fingerprint density at radius 2 is 1.67 bits per heavy atom. The summed E-state index contributed by atoms with van der Waals surface area (Å²) in [6.45, 7) is 0.744. The zero-order chi connectivity index (χ0) is 22.7. The van der Waals surface area contributed by atoms with Gasteiger partial charge < -0.3 is 4.90 Å². The molecule has 30 heavy (non-hydrogen) atoms. The number of benzene rings is 1. The Morgan fingerprint density at radius 1 is 1.10 bits per heavy atom. The monoisotopic (exact) mass is 460 g/mol. The number of sulfonamides is 1. The standard InChI is InChI=1S/C18H22F6N2O3S/c1-2-25(12-9-17(19,20)21)16(27)13-7-10-26(11-8-13)30(28,29)15-6-4-3-5-14(15)18(22,23)24/h3-6,13H,2,7-12H2,1H3. The minimum absolute atomic E-state index is 0.0226. The van der Waals surface area contributed by atoms with E-state index in [4.69, 9.17) is 0 Å². The average Bonchev–Trinajstić information content (AvgIpc) is 2.67. The summed E-state index contributed by atoms with van der Waals surface area (Å²) in [6, 6.07) is 3.85. The van der Waals surface area contributed by atoms with Crippen LogP contribution in [0.1, 0.15) is 31.7 Å². The number of carbonyl (C=O) groups excluding carboxylic acids is 1. The van der Waals surface area contributed by atoms with Crippen molar-refractivity contribution in [1.29, 1.82) is 0 Å². The second-order valence-corrected chi connectivity index (χ2v) is 8.86. The van der Waals surface area contributed by atoms with Crippen LogP contribution in [-0.2, 0) is 21.0 Å². The van der Waals surface area contributed by atoms with Crippen LogP contribution in [0.15, 0.2) is 29.2 Å². The minimum Gasteiger partial charge on any atom is -0.342 e. The first kappa shape index (κ1) is 24.4. The third kappa shape index (κ3) is 5.87. The molecule has 170 valence electrons. The highest BCUT2D eigenvalue weighted by molar-refractivity contribution is 7.89. The third-order valence-corrected chi connectivity index (χ3v) is 6.93. The van der Waals surface area contributed by atoms with Crippen molar-refractivity contribution in [3.8, 4) is 0 Å². The Morgan fingerprint density at radius 3 is 2.17 bits per heavy atom. The lowest BCUT2D eigenvalue weighted by molar-refractivity contribution is -0.148. The van der Waals surface area contributed by atoms with Gasteiger partial charge in [-0.05, 0) is 31.9 Å². The number of amides is 1. The van der Waals surface area contributed by atoms with E-state index in [1.54, 1.807) is 6.92 Å². The average molecular weight is 460 g/mol. The van der Waals surface area contributed by atoms with E-state index in [1.165, 1.54) is 6.07 Å². The molecule has 0 unspecified atom stereocenters. The SMILES string of the molecule is CCN(CCC(F)(F)F)C(=O)C1CCN(S(=O)(=O)c2ccccc2C(F)(F)F)CC1. The van der Waals surface area contributed by atoms with Crippen molar-refractivity contribution in [3.05, 3.63) is 29.8 Å². The van der Waals surface area contributed by atoms with Gasteiger partial charge in [0.15, 0.2) is 0 Å². The van der Waals surface area contributed by atoms with Crippen molar-refractivity contribution >= 4 is 15.9 Å². The molecule has 1 fully saturated rings. The second-order valence-electron chi connectivity index (χ2n) is 6.96. The molecule has 0 bridgehead atoms. The van der Waals surface area contributed by atoms with E-state index in [1.807, 2.05) is 0 Å². The number of rotatable bonds is 6. The smallest absolute Gasteiger partial charge is 0.342 e. The second kappa shape index (κ2) is 9.13. The quantitative estimate of drug-likeness (QED) is 0.605. The summed E-state index contributed by atoms with van der Waals surface area (Å²) in [5, 5.41) is 0. The van der Waals surface area contributed by atoms with Crippen LogP contribution in [0.5, 0.6) is 0 Å². The summed E-state index contributed by atoms with van der Waals surface area (Å²) in [5.41, 5.74) is -1.27. The number of hydrogen-bond donors (Lipinski definition) is 0. The first-order valence-corrected chi connectivity index (χ1v) is 10.7. The van der Waals surface area contributed by atoms with Crippen LogP contribution in [0, 0.1) is 5.92 Å². The summed E-state index contributed by atoms with van der Waals surface area (Å²) < 4.78 is 103. The molecule has 1 amide bonds. The van der Waals surface area contributed by atoms with Crippen LogP contribution in [0.4, 0.5) is 26.3 Å². The molecule has 5 nitrogen and oxygen atoms in total. The number of alkyl halides is 6. The van der Waals surface area contributed by atoms with Gasteiger partial charge in [0, 0.05) is 32.1 Å². The molecule has 0 atom stereocenters. The largest absolute Gasteiger partial charge is 0.417 e. The maximum absolute atomic E-state index is 13.2. The Bertz CT molecular complexity index is 846. The van der Waals surface area contributed by atoms with Crippen molar-refractivity contribution in [3.63, 3.8) is 0 Å². The molecule has 1 aromatic rings. The number of nitrogens with zero attached hydrogens (tertiary/aromatic N) is 2. The van der Waals surface area contributed by atoms with Gasteiger partial charge in [-0.25, -0.2) is 8.42 Å². The molecule has 2 rings (SSSR count). The third-order valence-electron chi connectivity index (χ3n) is 4.97. The summed E-state index contributed by atoms with van der Waals surface area (Å²) >= 11 is 0. The maximum Gasteiger partial charge on any atom is 0.417 e. The van der Waals surface area contributed by atoms with E-state index < -0.39 is 57.6 Å². The Kier molecular flexibility index (Phi) is 7.44. The molecule has 1 aliphatic rings. The van der Waals surface area contributed by atoms with Crippen molar-refractivity contribution in [1.82, 2.24) is 9.21 Å². The van der Waals surface area contributed by atoms with E-state index in [0.29, 0.717) is 6.07 Å². The van der Waals surface area contributed by atoms with Crippen LogP contribution in [0.2, 0.25) is 0 Å². The fourth-order valence-electron chi connectivity index (χ4n) is 3.35. The lowest BCUT2D eigenvalue weighted by atomic mass is 9.96. The highest BCUT2D eigenvalue weighted by atomic mass is 32.2. The van der Waals surface area contributed by atoms with Crippen molar-refractivity contribution in [2.24, 2.45) is 5.92 Å². The minimum atomic E-state index is -4.85. The Labute approximate surface area is 170 Å². The fraction of sp³-hybridized carbons (Fsp3) is 0.611. The topological polar surface area (TPSA) is 57.7 Å². The first-order chi connectivity index (χ1) is 13.8. The Hall–Kier alpha value is -1.82. The molecule has 0 radical (unpaired) electrons. The van der Waals surface area contributed by atoms with Crippen molar-refractivity contribution in [2.45, 2.75) is 43.4 Å². The summed E-state index contributed by atoms with van der Waals surface area (Å²) in [6.07, 6.45) is -10.4. The number of hydrogen-bond acceptors (Lipinski definition) is 3. The molecular formula is C18H22F6N2O3S. The predicted octanol–water partition coefficient (Wildman–Crippen LogP) is 3.91. The number of halogens is 6. The van der Waals surface area contributed by atoms with Crippen LogP contribution in [-0.4, -0.2) is 55.9 Å². The van der Waals surface area contributed by atoms with Gasteiger partial charge in [-0.2, -0.15) is 30.6 Å². The Balaban J connectivity index is 2.09. The normalized spacial score (nSPS) is 17.2. The van der Waals surface area contributed by atoms with Crippen LogP contribution < -0.4 is 0 Å². The predicted molar refractivity (Wildman–Crippen MR) is 95.9 cm³/mol. The van der Waals surface area contributed by atoms with Crippen molar-refractivity contribution in [2.75, 3.05) is 26.2 Å². The van der Waals surface area contributed by atoms with Gasteiger partial charge in [-0.1, -0.05) is 12.1 Å². The van der Waals surface area contributed by atoms with Gasteiger partial charge in [0.1, 0.15) is 0 Å². The molecule has 1 saturated heterocycles. The van der Waals surface area contributed by atoms with Gasteiger partial charge >= 0.3 is 12.4 Å². The summed E-state index contributed by atoms with van der Waals surface area (Å²) in [7, 11) is -4.44. The van der Waals surface area contributed by atoms with Crippen LogP contribution >= 0.6 is 0 Å². The van der Waals surface area contributed by atoms with E-state index in [2.05, 4.69) is 0 Å². The number of piperidine rings is 1. The highest BCUT2D eigenvalue weighted by Crippen LogP contribution is 2.36. The van der Waals surface area contributed by atoms with E-state index >= 15 is 0 Å². The lowest BCUT2D eigenvalue weighted by Crippen LogP contribution is -2.45. The van der Waals surface area contributed by atoms with Crippen LogP contribution in [0.3, 0.4) is 0 Å². The van der Waals surface area contributed by atoms with Crippen molar-refractivity contribution < 1.29 is 39.6 Å². The van der Waals surface area contributed by atoms with Gasteiger partial charge in [0.25, 0.3) is 0 Å². The fourth-order valence-corrected chi connectivity index (χ4v) is 5.03. The van der Waals surface area contributed by atoms with Gasteiger partial charge in [0.2, 0.25) is 15.9 Å². The van der Waals surface area contributed by atoms with Gasteiger partial charge in [-0.15, -0.1) is 0 Å². The number of carbonyl (C=O) groups is 1. The molecule has 1 aromatic carbocycles. The molecule has 0 aliphatic carbocycles. The molecule has 0 spiro atoms. The molecule has 0 aromatic heterocycles. The highest BCUT2D eigenvalue weighted by Gasteiger charge is 2.40. The molecule has 0 saturated carbocycles. The molecule has 1 heterocycles. The molecule has 12 heteroatoms. The van der Waals surface area contributed by atoms with E-state index in [-0.39, 0.29) is 32.5 Å². The molecular weight excluding hydrogens is 438 g/mol. The lowest BCUT2D eigenvalue weighted by Gasteiger charge is -2.33. The van der Waals surface area contributed by atoms with E-state index in [9.17, 15) is 39.6 Å². The van der Waals surface area contributed by atoms with Crippen LogP contribution in [0.25, 0.3) is 0 Å². The zero-order valence-corrected chi connectivity index (χ0v) is 16.9. The summed E-state index contributed by atoms with van der Waals surface area (Å²) in [5.74, 6) is -1.18.